The van der Waals surface area contributed by atoms with Crippen molar-refractivity contribution in [1.82, 2.24) is 5.43 Å². The van der Waals surface area contributed by atoms with Gasteiger partial charge in [-0.2, -0.15) is 5.10 Å². The van der Waals surface area contributed by atoms with Gasteiger partial charge in [0.25, 0.3) is 17.5 Å². The number of esters is 1. The van der Waals surface area contributed by atoms with Gasteiger partial charge in [0, 0.05) is 34.5 Å². The van der Waals surface area contributed by atoms with Crippen LogP contribution in [0.15, 0.2) is 90.0 Å². The number of hydrogen-bond donors (Lipinski definition) is 2. The molecule has 0 aliphatic rings. The van der Waals surface area contributed by atoms with Crippen LogP contribution in [0.25, 0.3) is 0 Å². The number of ether oxygens (including phenoxy) is 4. The lowest BCUT2D eigenvalue weighted by Crippen LogP contribution is -2.18. The molecule has 0 saturated carbocycles. The maximum Gasteiger partial charge on any atom is 0.343 e. The molecule has 0 unspecified atom stereocenters. The average Bonchev–Trinajstić information content (AvgIpc) is 3.04. The molecular formula is C31H26N4O9. The summed E-state index contributed by atoms with van der Waals surface area (Å²) in [6.45, 7) is 0. The Hall–Kier alpha value is -6.24. The zero-order valence-electron chi connectivity index (χ0n) is 23.7. The molecule has 4 aromatic rings. The molecule has 224 valence electrons. The van der Waals surface area contributed by atoms with Crippen molar-refractivity contribution in [3.05, 3.63) is 117 Å². The third-order valence-electron chi connectivity index (χ3n) is 6.14. The number of nitro groups is 1. The predicted octanol–water partition coefficient (Wildman–Crippen LogP) is 4.86. The Balaban J connectivity index is 1.37. The van der Waals surface area contributed by atoms with Gasteiger partial charge in [-0.05, 0) is 60.7 Å². The summed E-state index contributed by atoms with van der Waals surface area (Å²) in [4.78, 5) is 48.3. The maximum absolute atomic E-state index is 12.8. The van der Waals surface area contributed by atoms with Crippen molar-refractivity contribution in [2.24, 2.45) is 5.10 Å². The van der Waals surface area contributed by atoms with Crippen LogP contribution in [-0.4, -0.2) is 50.3 Å². The molecule has 0 aliphatic heterocycles. The van der Waals surface area contributed by atoms with E-state index < -0.39 is 22.7 Å². The van der Waals surface area contributed by atoms with Crippen LogP contribution < -0.4 is 29.7 Å². The van der Waals surface area contributed by atoms with E-state index in [-0.39, 0.29) is 28.1 Å². The Labute approximate surface area is 251 Å². The minimum absolute atomic E-state index is 0.124. The Morgan fingerprint density at radius 3 is 1.95 bits per heavy atom. The number of amides is 2. The number of non-ortho nitro benzene ring substituents is 1. The van der Waals surface area contributed by atoms with E-state index in [2.05, 4.69) is 15.8 Å². The monoisotopic (exact) mass is 598 g/mol. The number of hydrogen-bond acceptors (Lipinski definition) is 10. The number of para-hydroxylation sites is 1. The Morgan fingerprint density at radius 2 is 1.36 bits per heavy atom. The lowest BCUT2D eigenvalue weighted by atomic mass is 10.1. The molecule has 0 bridgehead atoms. The fourth-order valence-corrected chi connectivity index (χ4v) is 3.90. The summed E-state index contributed by atoms with van der Waals surface area (Å²) in [5.74, 6) is -0.493. The zero-order valence-corrected chi connectivity index (χ0v) is 23.7. The van der Waals surface area contributed by atoms with Crippen molar-refractivity contribution >= 4 is 35.4 Å². The second-order valence-electron chi connectivity index (χ2n) is 8.88. The highest BCUT2D eigenvalue weighted by Gasteiger charge is 2.18. The molecule has 4 rings (SSSR count). The SMILES string of the molecule is COc1cc(C(=O)Nc2ccc(C(=O)N/N=C\c3ccccc3OC(=O)c3ccc([N+](=O)[O-])cc3)cc2)cc(OC)c1OC. The molecule has 0 aliphatic carbocycles. The number of methoxy groups -OCH3 is 3. The van der Waals surface area contributed by atoms with Gasteiger partial charge < -0.3 is 24.3 Å². The van der Waals surface area contributed by atoms with Crippen molar-refractivity contribution in [3.63, 3.8) is 0 Å². The third kappa shape index (κ3) is 7.33. The van der Waals surface area contributed by atoms with Gasteiger partial charge in [0.1, 0.15) is 5.75 Å². The van der Waals surface area contributed by atoms with E-state index >= 15 is 0 Å². The first-order chi connectivity index (χ1) is 21.2. The van der Waals surface area contributed by atoms with Gasteiger partial charge in [-0.3, -0.25) is 19.7 Å². The number of carbonyl (C=O) groups is 3. The number of rotatable bonds is 11. The Morgan fingerprint density at radius 1 is 0.750 bits per heavy atom. The summed E-state index contributed by atoms with van der Waals surface area (Å²) in [6, 6.07) is 20.7. The van der Waals surface area contributed by atoms with Gasteiger partial charge >= 0.3 is 5.97 Å². The van der Waals surface area contributed by atoms with Crippen LogP contribution in [0.5, 0.6) is 23.0 Å². The normalized spacial score (nSPS) is 10.5. The lowest BCUT2D eigenvalue weighted by molar-refractivity contribution is -0.384. The van der Waals surface area contributed by atoms with Crippen LogP contribution in [0.4, 0.5) is 11.4 Å². The molecular weight excluding hydrogens is 572 g/mol. The summed E-state index contributed by atoms with van der Waals surface area (Å²) in [6.07, 6.45) is 1.31. The summed E-state index contributed by atoms with van der Waals surface area (Å²) >= 11 is 0. The van der Waals surface area contributed by atoms with E-state index in [4.69, 9.17) is 18.9 Å². The van der Waals surface area contributed by atoms with Crippen LogP contribution >= 0.6 is 0 Å². The number of benzene rings is 4. The van der Waals surface area contributed by atoms with Gasteiger partial charge in [0.05, 0.1) is 38.0 Å². The molecule has 2 amide bonds. The van der Waals surface area contributed by atoms with Crippen LogP contribution in [-0.2, 0) is 0 Å². The number of nitrogens with zero attached hydrogens (tertiary/aromatic N) is 2. The molecule has 0 radical (unpaired) electrons. The summed E-state index contributed by atoms with van der Waals surface area (Å²) in [7, 11) is 4.36. The Kier molecular flexibility index (Phi) is 9.84. The summed E-state index contributed by atoms with van der Waals surface area (Å²) in [5, 5.41) is 17.5. The third-order valence-corrected chi connectivity index (χ3v) is 6.14. The number of nitrogens with one attached hydrogen (secondary N) is 2. The van der Waals surface area contributed by atoms with Gasteiger partial charge in [-0.25, -0.2) is 10.2 Å². The van der Waals surface area contributed by atoms with Crippen LogP contribution in [0.2, 0.25) is 0 Å². The minimum Gasteiger partial charge on any atom is -0.493 e. The molecule has 0 saturated heterocycles. The maximum atomic E-state index is 12.8. The minimum atomic E-state index is -0.720. The lowest BCUT2D eigenvalue weighted by Gasteiger charge is -2.14. The number of anilines is 1. The molecule has 0 spiro atoms. The molecule has 13 heteroatoms. The van der Waals surface area contributed by atoms with E-state index in [1.54, 1.807) is 30.3 Å². The molecule has 0 aromatic heterocycles. The van der Waals surface area contributed by atoms with Gasteiger partial charge in [0.15, 0.2) is 11.5 Å². The highest BCUT2D eigenvalue weighted by Crippen LogP contribution is 2.38. The van der Waals surface area contributed by atoms with Crippen LogP contribution in [0.3, 0.4) is 0 Å². The molecule has 2 N–H and O–H groups in total. The zero-order chi connectivity index (χ0) is 31.6. The fraction of sp³-hybridized carbons (Fsp3) is 0.0968. The quantitative estimate of drug-likeness (QED) is 0.0806. The van der Waals surface area contributed by atoms with Gasteiger partial charge in [-0.1, -0.05) is 12.1 Å². The number of nitro benzene ring substituents is 1. The van der Waals surface area contributed by atoms with Crippen LogP contribution in [0, 0.1) is 10.1 Å². The van der Waals surface area contributed by atoms with E-state index in [0.717, 1.165) is 0 Å². The first-order valence-electron chi connectivity index (χ1n) is 12.8. The molecule has 13 nitrogen and oxygen atoms in total. The van der Waals surface area contributed by atoms with Crippen LogP contribution in [0.1, 0.15) is 36.6 Å². The number of hydrazone groups is 1. The number of carbonyl (C=O) groups excluding carboxylic acids is 3. The highest BCUT2D eigenvalue weighted by atomic mass is 16.6. The highest BCUT2D eigenvalue weighted by molar-refractivity contribution is 6.05. The predicted molar refractivity (Wildman–Crippen MR) is 160 cm³/mol. The van der Waals surface area contributed by atoms with E-state index in [9.17, 15) is 24.5 Å². The molecule has 0 atom stereocenters. The van der Waals surface area contributed by atoms with Crippen molar-refractivity contribution in [3.8, 4) is 23.0 Å². The van der Waals surface area contributed by atoms with E-state index in [1.807, 2.05) is 0 Å². The standard InChI is InChI=1S/C31H26N4O9/c1-41-26-16-22(17-27(42-2)28(26)43-3)29(36)33-23-12-8-19(9-13-23)30(37)34-32-18-21-6-4-5-7-25(21)44-31(38)20-10-14-24(15-11-20)35(39)40/h4-18H,1-3H3,(H,33,36)(H,34,37)/b32-18-. The topological polar surface area (TPSA) is 168 Å². The van der Waals surface area contributed by atoms with Crippen molar-refractivity contribution in [1.29, 1.82) is 0 Å². The van der Waals surface area contributed by atoms with Crippen molar-refractivity contribution in [2.45, 2.75) is 0 Å². The largest absolute Gasteiger partial charge is 0.493 e. The van der Waals surface area contributed by atoms with Gasteiger partial charge in [-0.15, -0.1) is 0 Å². The first-order valence-corrected chi connectivity index (χ1v) is 12.8. The Bertz CT molecular complexity index is 1690. The summed E-state index contributed by atoms with van der Waals surface area (Å²) in [5.41, 5.74) is 3.74. The molecule has 44 heavy (non-hydrogen) atoms. The second-order valence-corrected chi connectivity index (χ2v) is 8.88. The molecule has 0 fully saturated rings. The van der Waals surface area contributed by atoms with E-state index in [0.29, 0.717) is 28.5 Å². The smallest absolute Gasteiger partial charge is 0.343 e. The average molecular weight is 599 g/mol. The fourth-order valence-electron chi connectivity index (χ4n) is 3.90. The second kappa shape index (κ2) is 14.1. The summed E-state index contributed by atoms with van der Waals surface area (Å²) < 4.78 is 21.3. The molecule has 4 aromatic carbocycles. The van der Waals surface area contributed by atoms with Gasteiger partial charge in [0.2, 0.25) is 5.75 Å². The van der Waals surface area contributed by atoms with E-state index in [1.165, 1.54) is 82.1 Å². The van der Waals surface area contributed by atoms with Crippen molar-refractivity contribution < 1.29 is 38.3 Å². The molecule has 0 heterocycles. The first kappa shape index (κ1) is 30.7. The van der Waals surface area contributed by atoms with Crippen molar-refractivity contribution in [2.75, 3.05) is 26.6 Å².